The summed E-state index contributed by atoms with van der Waals surface area (Å²) in [4.78, 5) is 22.3. The predicted molar refractivity (Wildman–Crippen MR) is 78.5 cm³/mol. The molecule has 1 aromatic rings. The van der Waals surface area contributed by atoms with Crippen molar-refractivity contribution in [3.8, 4) is 0 Å². The first-order valence-corrected chi connectivity index (χ1v) is 7.65. The minimum atomic E-state index is -1.03. The van der Waals surface area contributed by atoms with Gasteiger partial charge in [0.05, 0.1) is 10.5 Å². The summed E-state index contributed by atoms with van der Waals surface area (Å²) in [6.07, 6.45) is 1.55. The van der Waals surface area contributed by atoms with Crippen molar-refractivity contribution in [1.29, 1.82) is 0 Å². The Labute approximate surface area is 119 Å². The van der Waals surface area contributed by atoms with Crippen molar-refractivity contribution in [2.24, 2.45) is 0 Å². The van der Waals surface area contributed by atoms with Gasteiger partial charge in [0.25, 0.3) is 11.6 Å². The number of nitrogens with one attached hydrogen (secondary N) is 2. The Hall–Kier alpha value is -1.96. The zero-order valence-electron chi connectivity index (χ0n) is 11.5. The summed E-state index contributed by atoms with van der Waals surface area (Å²) in [6.45, 7) is 1.73. The Morgan fingerprint density at radius 1 is 1.50 bits per heavy atom. The van der Waals surface area contributed by atoms with Gasteiger partial charge in [0.1, 0.15) is 0 Å². The van der Waals surface area contributed by atoms with Gasteiger partial charge in [-0.25, -0.2) is 0 Å². The van der Waals surface area contributed by atoms with Gasteiger partial charge in [-0.05, 0) is 13.0 Å². The van der Waals surface area contributed by atoms with Crippen LogP contribution in [0.1, 0.15) is 17.3 Å². The fourth-order valence-corrected chi connectivity index (χ4v) is 2.53. The zero-order chi connectivity index (χ0) is 15.3. The minimum absolute atomic E-state index is 0.152. The number of benzene rings is 1. The molecule has 7 nitrogen and oxygen atoms in total. The molecule has 0 fully saturated rings. The lowest BCUT2D eigenvalue weighted by atomic mass is 10.1. The number of non-ortho nitro benzene ring substituents is 1. The van der Waals surface area contributed by atoms with Crippen LogP contribution in [-0.2, 0) is 10.8 Å². The number of rotatable bonds is 6. The van der Waals surface area contributed by atoms with Gasteiger partial charge in [-0.3, -0.25) is 19.1 Å². The minimum Gasteiger partial charge on any atom is -0.387 e. The second-order valence-electron chi connectivity index (χ2n) is 4.35. The summed E-state index contributed by atoms with van der Waals surface area (Å²) < 4.78 is 11.1. The molecule has 0 aliphatic rings. The second kappa shape index (κ2) is 6.99. The van der Waals surface area contributed by atoms with Gasteiger partial charge in [0.15, 0.2) is 0 Å². The molecule has 2 unspecified atom stereocenters. The Balaban J connectivity index is 2.98. The van der Waals surface area contributed by atoms with Crippen molar-refractivity contribution >= 4 is 28.1 Å². The van der Waals surface area contributed by atoms with Crippen molar-refractivity contribution in [3.63, 3.8) is 0 Å². The molecule has 2 atom stereocenters. The number of nitro benzene ring substituents is 1. The third-order valence-electron chi connectivity index (χ3n) is 2.59. The highest BCUT2D eigenvalue weighted by Gasteiger charge is 2.18. The maximum absolute atomic E-state index is 12.1. The third kappa shape index (κ3) is 4.30. The van der Waals surface area contributed by atoms with E-state index in [1.807, 2.05) is 0 Å². The van der Waals surface area contributed by atoms with E-state index in [4.69, 9.17) is 0 Å². The number of hydrogen-bond donors (Lipinski definition) is 2. The standard InChI is InChI=1S/C12H17N3O4S/c1-8(7-20(3)19)14-12(16)10-6-9(15(17)18)4-5-11(10)13-2/h4-6,8,13H,7H2,1-3H3,(H,14,16). The summed E-state index contributed by atoms with van der Waals surface area (Å²) in [5.74, 6) is -0.105. The average Bonchev–Trinajstić information content (AvgIpc) is 2.36. The highest BCUT2D eigenvalue weighted by atomic mass is 32.2. The number of amides is 1. The summed E-state index contributed by atoms with van der Waals surface area (Å²) >= 11 is 0. The molecule has 8 heteroatoms. The molecule has 0 bridgehead atoms. The van der Waals surface area contributed by atoms with Gasteiger partial charge in [0, 0.05) is 53.7 Å². The third-order valence-corrected chi connectivity index (χ3v) is 3.56. The second-order valence-corrected chi connectivity index (χ2v) is 5.83. The molecular formula is C12H17N3O4S. The number of carbonyl (C=O) groups excluding carboxylic acids is 1. The normalized spacial score (nSPS) is 13.3. The number of hydrogen-bond acceptors (Lipinski definition) is 5. The highest BCUT2D eigenvalue weighted by Crippen LogP contribution is 2.21. The van der Waals surface area contributed by atoms with Crippen LogP contribution in [0, 0.1) is 10.1 Å². The highest BCUT2D eigenvalue weighted by molar-refractivity contribution is 7.84. The number of nitrogens with zero attached hydrogens (tertiary/aromatic N) is 1. The number of nitro groups is 1. The maximum atomic E-state index is 12.1. The van der Waals surface area contributed by atoms with Crippen LogP contribution in [-0.4, -0.2) is 40.1 Å². The fourth-order valence-electron chi connectivity index (χ4n) is 1.75. The molecule has 110 valence electrons. The van der Waals surface area contributed by atoms with Gasteiger partial charge in [0.2, 0.25) is 0 Å². The molecule has 0 aliphatic carbocycles. The molecule has 0 spiro atoms. The molecule has 1 amide bonds. The van der Waals surface area contributed by atoms with Gasteiger partial charge in [-0.1, -0.05) is 0 Å². The smallest absolute Gasteiger partial charge is 0.270 e. The first-order valence-electron chi connectivity index (χ1n) is 5.92. The van der Waals surface area contributed by atoms with E-state index in [0.29, 0.717) is 11.4 Å². The fraction of sp³-hybridized carbons (Fsp3) is 0.417. The van der Waals surface area contributed by atoms with E-state index >= 15 is 0 Å². The van der Waals surface area contributed by atoms with Crippen LogP contribution in [0.5, 0.6) is 0 Å². The lowest BCUT2D eigenvalue weighted by Crippen LogP contribution is -2.36. The Morgan fingerprint density at radius 3 is 2.65 bits per heavy atom. The van der Waals surface area contributed by atoms with E-state index in [-0.39, 0.29) is 17.3 Å². The first-order chi connectivity index (χ1) is 9.35. The lowest BCUT2D eigenvalue weighted by molar-refractivity contribution is -0.384. The van der Waals surface area contributed by atoms with Crippen LogP contribution in [0.15, 0.2) is 18.2 Å². The van der Waals surface area contributed by atoms with E-state index < -0.39 is 21.6 Å². The predicted octanol–water partition coefficient (Wildman–Crippen LogP) is 1.13. The van der Waals surface area contributed by atoms with Crippen LogP contribution >= 0.6 is 0 Å². The Kier molecular flexibility index (Phi) is 5.63. The van der Waals surface area contributed by atoms with Gasteiger partial charge in [-0.15, -0.1) is 0 Å². The lowest BCUT2D eigenvalue weighted by Gasteiger charge is -2.14. The van der Waals surface area contributed by atoms with Crippen LogP contribution in [0.2, 0.25) is 0 Å². The van der Waals surface area contributed by atoms with E-state index in [0.717, 1.165) is 0 Å². The van der Waals surface area contributed by atoms with E-state index in [2.05, 4.69) is 10.6 Å². The van der Waals surface area contributed by atoms with Gasteiger partial charge < -0.3 is 10.6 Å². The SMILES string of the molecule is CNc1ccc([N+](=O)[O-])cc1C(=O)NC(C)CS(C)=O. The van der Waals surface area contributed by atoms with Crippen molar-refractivity contribution in [2.45, 2.75) is 13.0 Å². The van der Waals surface area contributed by atoms with Crippen LogP contribution in [0.4, 0.5) is 11.4 Å². The Morgan fingerprint density at radius 2 is 2.15 bits per heavy atom. The molecule has 1 rings (SSSR count). The van der Waals surface area contributed by atoms with Crippen LogP contribution in [0.25, 0.3) is 0 Å². The van der Waals surface area contributed by atoms with E-state index in [1.165, 1.54) is 18.2 Å². The molecule has 0 saturated carbocycles. The number of anilines is 1. The van der Waals surface area contributed by atoms with E-state index in [9.17, 15) is 19.1 Å². The van der Waals surface area contributed by atoms with Crippen molar-refractivity contribution in [1.82, 2.24) is 5.32 Å². The summed E-state index contributed by atoms with van der Waals surface area (Å²) in [7, 11) is 0.602. The summed E-state index contributed by atoms with van der Waals surface area (Å²) in [5.41, 5.74) is 0.536. The topological polar surface area (TPSA) is 101 Å². The number of carbonyl (C=O) groups is 1. The van der Waals surface area contributed by atoms with Crippen LogP contribution < -0.4 is 10.6 Å². The maximum Gasteiger partial charge on any atom is 0.270 e. The van der Waals surface area contributed by atoms with Crippen molar-refractivity contribution < 1.29 is 13.9 Å². The Bertz CT molecular complexity index is 548. The molecule has 0 saturated heterocycles. The average molecular weight is 299 g/mol. The largest absolute Gasteiger partial charge is 0.387 e. The van der Waals surface area contributed by atoms with Crippen molar-refractivity contribution in [3.05, 3.63) is 33.9 Å². The summed E-state index contributed by atoms with van der Waals surface area (Å²) in [6, 6.07) is 3.75. The molecule has 0 heterocycles. The first kappa shape index (κ1) is 16.1. The zero-order valence-corrected chi connectivity index (χ0v) is 12.3. The quantitative estimate of drug-likeness (QED) is 0.605. The van der Waals surface area contributed by atoms with Crippen molar-refractivity contribution in [2.75, 3.05) is 24.4 Å². The van der Waals surface area contributed by atoms with Gasteiger partial charge in [-0.2, -0.15) is 0 Å². The van der Waals surface area contributed by atoms with Crippen LogP contribution in [0.3, 0.4) is 0 Å². The molecule has 1 aromatic carbocycles. The molecule has 0 aliphatic heterocycles. The van der Waals surface area contributed by atoms with Gasteiger partial charge >= 0.3 is 0 Å². The molecule has 2 N–H and O–H groups in total. The molecule has 20 heavy (non-hydrogen) atoms. The monoisotopic (exact) mass is 299 g/mol. The molecule has 0 aromatic heterocycles. The molecular weight excluding hydrogens is 282 g/mol. The molecule has 0 radical (unpaired) electrons. The van der Waals surface area contributed by atoms with E-state index in [1.54, 1.807) is 20.2 Å². The summed E-state index contributed by atoms with van der Waals surface area (Å²) in [5, 5.41) is 16.2.